The molecule has 0 aliphatic rings. The van der Waals surface area contributed by atoms with Crippen molar-refractivity contribution in [2.45, 2.75) is 90.6 Å². The van der Waals surface area contributed by atoms with Gasteiger partial charge in [0, 0.05) is 12.0 Å². The number of unbranched alkanes of at least 4 members (excludes halogenated alkanes) is 9. The summed E-state index contributed by atoms with van der Waals surface area (Å²) in [6.07, 6.45) is 12.4. The zero-order chi connectivity index (χ0) is 19.7. The highest BCUT2D eigenvalue weighted by molar-refractivity contribution is 7.09. The highest BCUT2D eigenvalue weighted by Gasteiger charge is 2.14. The molecule has 0 bridgehead atoms. The summed E-state index contributed by atoms with van der Waals surface area (Å²) in [5.41, 5.74) is 0.641. The molecule has 5 nitrogen and oxygen atoms in total. The summed E-state index contributed by atoms with van der Waals surface area (Å²) in [6, 6.07) is 0. The first-order valence-electron chi connectivity index (χ1n) is 10.5. The fourth-order valence-electron chi connectivity index (χ4n) is 2.87. The Balaban J connectivity index is 2.00. The van der Waals surface area contributed by atoms with Crippen molar-refractivity contribution in [1.82, 2.24) is 4.98 Å². The van der Waals surface area contributed by atoms with Crippen LogP contribution in [-0.2, 0) is 20.7 Å². The minimum atomic E-state index is -0.728. The highest BCUT2D eigenvalue weighted by Crippen LogP contribution is 2.19. The SMILES string of the molecule is CCCCCCCCCCCCOCC(O)c1nc(CC(=O)OCC)cs1. The zero-order valence-electron chi connectivity index (χ0n) is 17.1. The van der Waals surface area contributed by atoms with E-state index in [1.54, 1.807) is 12.3 Å². The number of ether oxygens (including phenoxy) is 2. The maximum absolute atomic E-state index is 11.4. The van der Waals surface area contributed by atoms with E-state index in [4.69, 9.17) is 9.47 Å². The average molecular weight is 400 g/mol. The van der Waals surface area contributed by atoms with E-state index in [1.165, 1.54) is 69.1 Å². The van der Waals surface area contributed by atoms with Crippen molar-refractivity contribution in [2.75, 3.05) is 19.8 Å². The van der Waals surface area contributed by atoms with E-state index in [0.29, 0.717) is 23.9 Å². The Morgan fingerprint density at radius 1 is 1.07 bits per heavy atom. The number of carbonyl (C=O) groups is 1. The molecule has 0 amide bonds. The van der Waals surface area contributed by atoms with Gasteiger partial charge in [-0.15, -0.1) is 11.3 Å². The van der Waals surface area contributed by atoms with E-state index in [0.717, 1.165) is 6.42 Å². The van der Waals surface area contributed by atoms with Crippen LogP contribution in [0.15, 0.2) is 5.38 Å². The number of nitrogens with zero attached hydrogens (tertiary/aromatic N) is 1. The second-order valence-electron chi connectivity index (χ2n) is 6.93. The van der Waals surface area contributed by atoms with E-state index in [9.17, 15) is 9.90 Å². The molecule has 1 heterocycles. The fourth-order valence-corrected chi connectivity index (χ4v) is 3.66. The average Bonchev–Trinajstić information content (AvgIpc) is 3.11. The van der Waals surface area contributed by atoms with Gasteiger partial charge in [0.1, 0.15) is 11.1 Å². The lowest BCUT2D eigenvalue weighted by atomic mass is 10.1. The molecule has 6 heteroatoms. The molecule has 0 saturated heterocycles. The third kappa shape index (κ3) is 12.2. The van der Waals surface area contributed by atoms with Crippen LogP contribution in [0.4, 0.5) is 0 Å². The Labute approximate surface area is 168 Å². The van der Waals surface area contributed by atoms with Crippen molar-refractivity contribution in [3.63, 3.8) is 0 Å². The van der Waals surface area contributed by atoms with Gasteiger partial charge < -0.3 is 14.6 Å². The Bertz CT molecular complexity index is 492. The number of esters is 1. The van der Waals surface area contributed by atoms with Crippen molar-refractivity contribution in [1.29, 1.82) is 0 Å². The van der Waals surface area contributed by atoms with Gasteiger partial charge in [0.15, 0.2) is 0 Å². The van der Waals surface area contributed by atoms with Crippen LogP contribution >= 0.6 is 11.3 Å². The van der Waals surface area contributed by atoms with Gasteiger partial charge in [-0.1, -0.05) is 64.7 Å². The number of carbonyl (C=O) groups excluding carboxylic acids is 1. The standard InChI is InChI=1S/C21H37NO4S/c1-3-5-6-7-8-9-10-11-12-13-14-25-16-19(23)21-22-18(17-27-21)15-20(24)26-4-2/h17,19,23H,3-16H2,1-2H3. The van der Waals surface area contributed by atoms with Crippen LogP contribution in [-0.4, -0.2) is 35.9 Å². The van der Waals surface area contributed by atoms with Gasteiger partial charge >= 0.3 is 5.97 Å². The quantitative estimate of drug-likeness (QED) is 0.287. The smallest absolute Gasteiger partial charge is 0.311 e. The molecule has 1 aromatic rings. The van der Waals surface area contributed by atoms with Gasteiger partial charge in [0.05, 0.1) is 25.3 Å². The summed E-state index contributed by atoms with van der Waals surface area (Å²) in [4.78, 5) is 15.7. The summed E-state index contributed by atoms with van der Waals surface area (Å²) >= 11 is 1.35. The van der Waals surface area contributed by atoms with Gasteiger partial charge in [-0.2, -0.15) is 0 Å². The van der Waals surface area contributed by atoms with Gasteiger partial charge in [-0.3, -0.25) is 4.79 Å². The molecule has 1 unspecified atom stereocenters. The van der Waals surface area contributed by atoms with E-state index in [2.05, 4.69) is 11.9 Å². The van der Waals surface area contributed by atoms with E-state index < -0.39 is 6.10 Å². The number of aromatic nitrogens is 1. The van der Waals surface area contributed by atoms with Crippen molar-refractivity contribution >= 4 is 17.3 Å². The Morgan fingerprint density at radius 2 is 1.70 bits per heavy atom. The summed E-state index contributed by atoms with van der Waals surface area (Å²) in [5, 5.41) is 12.5. The minimum absolute atomic E-state index is 0.149. The normalized spacial score (nSPS) is 12.3. The number of thiazole rings is 1. The molecule has 0 saturated carbocycles. The van der Waals surface area contributed by atoms with Crippen LogP contribution in [0.3, 0.4) is 0 Å². The molecule has 156 valence electrons. The van der Waals surface area contributed by atoms with Gasteiger partial charge in [-0.05, 0) is 13.3 Å². The Hall–Kier alpha value is -0.980. The topological polar surface area (TPSA) is 68.7 Å². The molecular weight excluding hydrogens is 362 g/mol. The predicted molar refractivity (Wildman–Crippen MR) is 110 cm³/mol. The van der Waals surface area contributed by atoms with Gasteiger partial charge in [-0.25, -0.2) is 4.98 Å². The number of aliphatic hydroxyl groups excluding tert-OH is 1. The lowest BCUT2D eigenvalue weighted by Crippen LogP contribution is -2.10. The molecule has 1 aromatic heterocycles. The van der Waals surface area contributed by atoms with E-state index >= 15 is 0 Å². The fraction of sp³-hybridized carbons (Fsp3) is 0.810. The predicted octanol–water partition coefficient (Wildman–Crippen LogP) is 5.22. The number of hydrogen-bond donors (Lipinski definition) is 1. The van der Waals surface area contributed by atoms with Crippen LogP contribution in [0, 0.1) is 0 Å². The summed E-state index contributed by atoms with van der Waals surface area (Å²) in [5.74, 6) is -0.291. The lowest BCUT2D eigenvalue weighted by molar-refractivity contribution is -0.142. The van der Waals surface area contributed by atoms with Crippen LogP contribution in [0.25, 0.3) is 0 Å². The lowest BCUT2D eigenvalue weighted by Gasteiger charge is -2.08. The number of rotatable bonds is 17. The molecule has 0 spiro atoms. The monoisotopic (exact) mass is 399 g/mol. The first-order chi connectivity index (χ1) is 13.2. The van der Waals surface area contributed by atoms with Gasteiger partial charge in [0.25, 0.3) is 0 Å². The zero-order valence-corrected chi connectivity index (χ0v) is 17.9. The molecular formula is C21H37NO4S. The third-order valence-electron chi connectivity index (χ3n) is 4.40. The molecule has 27 heavy (non-hydrogen) atoms. The molecule has 0 aromatic carbocycles. The first-order valence-corrected chi connectivity index (χ1v) is 11.4. The van der Waals surface area contributed by atoms with Crippen LogP contribution < -0.4 is 0 Å². The van der Waals surface area contributed by atoms with Crippen molar-refractivity contribution in [2.24, 2.45) is 0 Å². The molecule has 0 aliphatic heterocycles. The molecule has 1 atom stereocenters. The minimum Gasteiger partial charge on any atom is -0.466 e. The maximum Gasteiger partial charge on any atom is 0.311 e. The third-order valence-corrected chi connectivity index (χ3v) is 5.40. The molecule has 0 fully saturated rings. The van der Waals surface area contributed by atoms with E-state index in [1.807, 2.05) is 0 Å². The van der Waals surface area contributed by atoms with E-state index in [-0.39, 0.29) is 19.0 Å². The highest BCUT2D eigenvalue weighted by atomic mass is 32.1. The van der Waals surface area contributed by atoms with Crippen molar-refractivity contribution in [3.8, 4) is 0 Å². The molecule has 1 rings (SSSR count). The summed E-state index contributed by atoms with van der Waals surface area (Å²) in [6.45, 7) is 5.32. The molecule has 0 aliphatic carbocycles. The summed E-state index contributed by atoms with van der Waals surface area (Å²) in [7, 11) is 0. The van der Waals surface area contributed by atoms with Crippen LogP contribution in [0.2, 0.25) is 0 Å². The Kier molecular flexibility index (Phi) is 14.3. The molecule has 0 radical (unpaired) electrons. The maximum atomic E-state index is 11.4. The second kappa shape index (κ2) is 16.0. The van der Waals surface area contributed by atoms with Crippen LogP contribution in [0.1, 0.15) is 94.9 Å². The molecule has 1 N–H and O–H groups in total. The first kappa shape index (κ1) is 24.1. The second-order valence-corrected chi connectivity index (χ2v) is 7.82. The Morgan fingerprint density at radius 3 is 2.33 bits per heavy atom. The van der Waals surface area contributed by atoms with Crippen LogP contribution in [0.5, 0.6) is 0 Å². The van der Waals surface area contributed by atoms with Gasteiger partial charge in [0.2, 0.25) is 0 Å². The summed E-state index contributed by atoms with van der Waals surface area (Å²) < 4.78 is 10.5. The number of aliphatic hydroxyl groups is 1. The largest absolute Gasteiger partial charge is 0.466 e. The van der Waals surface area contributed by atoms with Crippen molar-refractivity contribution < 1.29 is 19.4 Å². The number of hydrogen-bond acceptors (Lipinski definition) is 6. The van der Waals surface area contributed by atoms with Crippen molar-refractivity contribution in [3.05, 3.63) is 16.1 Å².